The lowest BCUT2D eigenvalue weighted by Gasteiger charge is -2.11. The van der Waals surface area contributed by atoms with Gasteiger partial charge < -0.3 is 9.72 Å². The number of nitrogens with one attached hydrogen (secondary N) is 1. The molecule has 3 aromatic rings. The zero-order chi connectivity index (χ0) is 18.8. The van der Waals surface area contributed by atoms with Gasteiger partial charge in [-0.25, -0.2) is 9.67 Å². The summed E-state index contributed by atoms with van der Waals surface area (Å²) in [6.07, 6.45) is 2.07. The lowest BCUT2D eigenvalue weighted by atomic mass is 10.1. The number of fused-ring (bicyclic) bond motifs is 1. The van der Waals surface area contributed by atoms with E-state index in [1.54, 1.807) is 4.68 Å². The van der Waals surface area contributed by atoms with E-state index in [1.165, 1.54) is 30.6 Å². The van der Waals surface area contributed by atoms with Crippen molar-refractivity contribution < 1.29 is 9.53 Å². The van der Waals surface area contributed by atoms with Crippen LogP contribution in [0, 0.1) is 13.8 Å². The molecule has 0 saturated carbocycles. The van der Waals surface area contributed by atoms with Crippen molar-refractivity contribution >= 4 is 28.8 Å². The molecule has 2 heterocycles. The quantitative estimate of drug-likeness (QED) is 0.421. The summed E-state index contributed by atoms with van der Waals surface area (Å²) >= 11 is 1.18. The van der Waals surface area contributed by atoms with Gasteiger partial charge in [-0.2, -0.15) is 5.10 Å². The molecule has 7 nitrogen and oxygen atoms in total. The molecule has 0 spiro atoms. The highest BCUT2D eigenvalue weighted by atomic mass is 32.2. The van der Waals surface area contributed by atoms with Crippen LogP contribution in [0.2, 0.25) is 0 Å². The molecule has 136 valence electrons. The van der Waals surface area contributed by atoms with Crippen LogP contribution < -0.4 is 5.56 Å². The number of aryl methyl sites for hydroxylation is 2. The van der Waals surface area contributed by atoms with Crippen LogP contribution >= 0.6 is 11.8 Å². The van der Waals surface area contributed by atoms with E-state index in [0.29, 0.717) is 22.6 Å². The standard InChI is InChI=1S/C18H20N4O3S/c1-5-14(17(24)25-4)26-18-20-15-13(16(23)21-18)9-19-22(15)12-7-6-10(2)11(3)8-12/h6-9,14H,5H2,1-4H3,(H,20,21,23)/t14-/m0/s1. The van der Waals surface area contributed by atoms with Gasteiger partial charge in [-0.3, -0.25) is 9.59 Å². The van der Waals surface area contributed by atoms with E-state index in [2.05, 4.69) is 15.1 Å². The van der Waals surface area contributed by atoms with E-state index in [0.717, 1.165) is 11.3 Å². The Hall–Kier alpha value is -2.61. The topological polar surface area (TPSA) is 89.9 Å². The Bertz CT molecular complexity index is 1020. The van der Waals surface area contributed by atoms with E-state index in [-0.39, 0.29) is 11.5 Å². The van der Waals surface area contributed by atoms with Crippen molar-refractivity contribution in [2.24, 2.45) is 0 Å². The normalized spacial score (nSPS) is 12.3. The van der Waals surface area contributed by atoms with Crippen molar-refractivity contribution in [1.82, 2.24) is 19.7 Å². The first kappa shape index (κ1) is 18.2. The number of esters is 1. The van der Waals surface area contributed by atoms with Crippen LogP contribution in [0.1, 0.15) is 24.5 Å². The lowest BCUT2D eigenvalue weighted by molar-refractivity contribution is -0.140. The van der Waals surface area contributed by atoms with Crippen LogP contribution in [0.4, 0.5) is 0 Å². The Balaban J connectivity index is 2.08. The Morgan fingerprint density at radius 2 is 2.12 bits per heavy atom. The summed E-state index contributed by atoms with van der Waals surface area (Å²) < 4.78 is 6.44. The van der Waals surface area contributed by atoms with Crippen molar-refractivity contribution in [3.63, 3.8) is 0 Å². The number of hydrogen-bond acceptors (Lipinski definition) is 6. The van der Waals surface area contributed by atoms with Gasteiger partial charge in [0, 0.05) is 0 Å². The predicted molar refractivity (Wildman–Crippen MR) is 101 cm³/mol. The Kier molecular flexibility index (Phi) is 5.13. The zero-order valence-corrected chi connectivity index (χ0v) is 15.9. The molecule has 1 atom stereocenters. The molecule has 0 radical (unpaired) electrons. The molecule has 1 aromatic carbocycles. The van der Waals surface area contributed by atoms with Gasteiger partial charge in [-0.1, -0.05) is 24.8 Å². The van der Waals surface area contributed by atoms with E-state index in [9.17, 15) is 9.59 Å². The molecule has 3 rings (SSSR count). The molecule has 0 amide bonds. The maximum absolute atomic E-state index is 12.4. The number of methoxy groups -OCH3 is 1. The molecule has 0 unspecified atom stereocenters. The minimum Gasteiger partial charge on any atom is -0.468 e. The summed E-state index contributed by atoms with van der Waals surface area (Å²) in [5.41, 5.74) is 3.31. The summed E-state index contributed by atoms with van der Waals surface area (Å²) in [6.45, 7) is 5.94. The number of benzene rings is 1. The zero-order valence-electron chi connectivity index (χ0n) is 15.1. The Morgan fingerprint density at radius 1 is 1.35 bits per heavy atom. The number of rotatable bonds is 5. The van der Waals surface area contributed by atoms with Gasteiger partial charge in [0.05, 0.1) is 19.0 Å². The van der Waals surface area contributed by atoms with E-state index >= 15 is 0 Å². The maximum Gasteiger partial charge on any atom is 0.319 e. The van der Waals surface area contributed by atoms with Gasteiger partial charge in [0.15, 0.2) is 10.8 Å². The van der Waals surface area contributed by atoms with Crippen molar-refractivity contribution in [2.75, 3.05) is 7.11 Å². The number of thioether (sulfide) groups is 1. The minimum atomic E-state index is -0.432. The van der Waals surface area contributed by atoms with Crippen molar-refractivity contribution in [3.05, 3.63) is 45.9 Å². The van der Waals surface area contributed by atoms with E-state index < -0.39 is 5.25 Å². The summed E-state index contributed by atoms with van der Waals surface area (Å²) in [5, 5.41) is 4.66. The number of H-pyrrole nitrogens is 1. The third kappa shape index (κ3) is 3.37. The summed E-state index contributed by atoms with van der Waals surface area (Å²) in [6, 6.07) is 5.94. The summed E-state index contributed by atoms with van der Waals surface area (Å²) in [4.78, 5) is 31.5. The Labute approximate surface area is 154 Å². The number of carbonyl (C=O) groups is 1. The fourth-order valence-electron chi connectivity index (χ4n) is 2.56. The number of carbonyl (C=O) groups excluding carboxylic acids is 1. The average Bonchev–Trinajstić information content (AvgIpc) is 3.06. The van der Waals surface area contributed by atoms with Gasteiger partial charge >= 0.3 is 5.97 Å². The molecule has 1 N–H and O–H groups in total. The van der Waals surface area contributed by atoms with Crippen LogP contribution in [0.25, 0.3) is 16.7 Å². The van der Waals surface area contributed by atoms with Crippen LogP contribution in [0.3, 0.4) is 0 Å². The minimum absolute atomic E-state index is 0.285. The molecule has 0 bridgehead atoms. The second-order valence-electron chi connectivity index (χ2n) is 5.97. The highest BCUT2D eigenvalue weighted by Crippen LogP contribution is 2.24. The molecule has 0 saturated heterocycles. The molecule has 0 aliphatic carbocycles. The number of nitrogens with zero attached hydrogens (tertiary/aromatic N) is 3. The predicted octanol–water partition coefficient (Wildman–Crippen LogP) is 2.77. The first-order valence-electron chi connectivity index (χ1n) is 8.24. The third-order valence-corrected chi connectivity index (χ3v) is 5.47. The average molecular weight is 372 g/mol. The maximum atomic E-state index is 12.4. The second-order valence-corrected chi connectivity index (χ2v) is 7.16. The van der Waals surface area contributed by atoms with Crippen LogP contribution in [-0.2, 0) is 9.53 Å². The highest BCUT2D eigenvalue weighted by molar-refractivity contribution is 8.00. The lowest BCUT2D eigenvalue weighted by Crippen LogP contribution is -2.19. The molecular weight excluding hydrogens is 352 g/mol. The highest BCUT2D eigenvalue weighted by Gasteiger charge is 2.21. The largest absolute Gasteiger partial charge is 0.468 e. The second kappa shape index (κ2) is 7.33. The molecular formula is C18H20N4O3S. The van der Waals surface area contributed by atoms with E-state index in [1.807, 2.05) is 39.0 Å². The number of hydrogen-bond donors (Lipinski definition) is 1. The smallest absolute Gasteiger partial charge is 0.319 e. The fourth-order valence-corrected chi connectivity index (χ4v) is 3.48. The number of ether oxygens (including phenoxy) is 1. The van der Waals surface area contributed by atoms with Crippen LogP contribution in [-0.4, -0.2) is 38.1 Å². The molecule has 26 heavy (non-hydrogen) atoms. The SMILES string of the molecule is CC[C@H](Sc1nc2c(cnn2-c2ccc(C)c(C)c2)c(=O)[nH]1)C(=O)OC. The summed E-state index contributed by atoms with van der Waals surface area (Å²) in [7, 11) is 1.35. The summed E-state index contributed by atoms with van der Waals surface area (Å²) in [5.74, 6) is -0.345. The molecule has 0 aliphatic heterocycles. The van der Waals surface area contributed by atoms with Crippen molar-refractivity contribution in [3.8, 4) is 5.69 Å². The van der Waals surface area contributed by atoms with Gasteiger partial charge in [0.1, 0.15) is 10.6 Å². The molecule has 8 heteroatoms. The fraction of sp³-hybridized carbons (Fsp3) is 0.333. The van der Waals surface area contributed by atoms with E-state index in [4.69, 9.17) is 4.74 Å². The first-order valence-corrected chi connectivity index (χ1v) is 9.12. The van der Waals surface area contributed by atoms with Crippen molar-refractivity contribution in [1.29, 1.82) is 0 Å². The van der Waals surface area contributed by atoms with Gasteiger partial charge in [-0.05, 0) is 43.5 Å². The van der Waals surface area contributed by atoms with Gasteiger partial charge in [-0.15, -0.1) is 0 Å². The monoisotopic (exact) mass is 372 g/mol. The third-order valence-electron chi connectivity index (χ3n) is 4.24. The Morgan fingerprint density at radius 3 is 2.77 bits per heavy atom. The molecule has 0 aliphatic rings. The number of aromatic amines is 1. The van der Waals surface area contributed by atoms with Gasteiger partial charge in [0.2, 0.25) is 0 Å². The molecule has 0 fully saturated rings. The van der Waals surface area contributed by atoms with Crippen LogP contribution in [0.15, 0.2) is 34.3 Å². The van der Waals surface area contributed by atoms with Crippen molar-refractivity contribution in [2.45, 2.75) is 37.6 Å². The van der Waals surface area contributed by atoms with Gasteiger partial charge in [0.25, 0.3) is 5.56 Å². The first-order chi connectivity index (χ1) is 12.4. The van der Waals surface area contributed by atoms with Crippen LogP contribution in [0.5, 0.6) is 0 Å². The molecule has 2 aromatic heterocycles. The number of aromatic nitrogens is 4.